The monoisotopic (exact) mass is 806 g/mol. The maximum atomic E-state index is 13.9. The first-order valence-electron chi connectivity index (χ1n) is 16.5. The third-order valence-corrected chi connectivity index (χ3v) is 8.75. The molecule has 4 aromatic rings. The Balaban J connectivity index is 1.39. The number of carbonyl (C=O) groups is 4. The third kappa shape index (κ3) is 7.80. The summed E-state index contributed by atoms with van der Waals surface area (Å²) < 4.78 is 27.3. The summed E-state index contributed by atoms with van der Waals surface area (Å²) in [5, 5.41) is 113. The van der Waals surface area contributed by atoms with Crippen LogP contribution < -0.4 is 0 Å². The van der Waals surface area contributed by atoms with Crippen molar-refractivity contribution in [2.45, 2.75) is 30.7 Å². The van der Waals surface area contributed by atoms with Crippen LogP contribution in [0.2, 0.25) is 0 Å². The molecule has 0 amide bonds. The smallest absolute Gasteiger partial charge is 0.339 e. The van der Waals surface area contributed by atoms with E-state index in [0.717, 1.165) is 42.5 Å². The Morgan fingerprint density at radius 1 is 0.586 bits per heavy atom. The van der Waals surface area contributed by atoms with Crippen LogP contribution in [0.3, 0.4) is 0 Å². The zero-order valence-corrected chi connectivity index (χ0v) is 29.1. The van der Waals surface area contributed by atoms with Gasteiger partial charge in [0.05, 0.1) is 11.1 Å². The van der Waals surface area contributed by atoms with Crippen LogP contribution in [0, 0.1) is 0 Å². The molecule has 302 valence electrons. The van der Waals surface area contributed by atoms with Crippen molar-refractivity contribution in [3.8, 4) is 68.6 Å². The summed E-state index contributed by atoms with van der Waals surface area (Å²) in [5.41, 5.74) is -3.22. The Kier molecular flexibility index (Phi) is 10.8. The van der Waals surface area contributed by atoms with Crippen molar-refractivity contribution in [3.63, 3.8) is 0 Å². The SMILES string of the molecule is O=C(/C=C/c1ccc(O)c(O)c1)OC[C@H]1O[C@H](OC(=O)/C=C/c2ccc(O)c(O)c2)[C@@H]2OC(=O)c3cc(O)c(O)c(O)c3-c3c(cc(O)c(O)c3O)C(=O)O[C@H]2[C@@H]1O. The maximum absolute atomic E-state index is 13.9. The van der Waals surface area contributed by atoms with Gasteiger partial charge in [0.1, 0.15) is 18.8 Å². The molecule has 0 radical (unpaired) electrons. The zero-order chi connectivity index (χ0) is 42.2. The fraction of sp³-hybridized carbons (Fsp3) is 0.158. The van der Waals surface area contributed by atoms with Gasteiger partial charge >= 0.3 is 23.9 Å². The van der Waals surface area contributed by atoms with Crippen LogP contribution >= 0.6 is 0 Å². The molecular weight excluding hydrogens is 776 g/mol. The maximum Gasteiger partial charge on any atom is 0.339 e. The van der Waals surface area contributed by atoms with Gasteiger partial charge in [-0.05, 0) is 59.7 Å². The Labute approximate surface area is 323 Å². The molecule has 0 unspecified atom stereocenters. The lowest BCUT2D eigenvalue weighted by Gasteiger charge is -2.42. The number of esters is 4. The normalized spacial score (nSPS) is 20.3. The number of benzene rings is 4. The highest BCUT2D eigenvalue weighted by Gasteiger charge is 2.53. The minimum atomic E-state index is -2.15. The molecule has 1 saturated heterocycles. The van der Waals surface area contributed by atoms with Gasteiger partial charge in [0.2, 0.25) is 23.9 Å². The van der Waals surface area contributed by atoms with Crippen molar-refractivity contribution in [1.82, 2.24) is 0 Å². The van der Waals surface area contributed by atoms with Crippen LogP contribution in [-0.4, -0.2) is 117 Å². The second-order valence-corrected chi connectivity index (χ2v) is 12.5. The second-order valence-electron chi connectivity index (χ2n) is 12.5. The van der Waals surface area contributed by atoms with Gasteiger partial charge in [0.15, 0.2) is 52.1 Å². The van der Waals surface area contributed by atoms with Crippen LogP contribution in [0.25, 0.3) is 23.3 Å². The molecule has 20 nitrogen and oxygen atoms in total. The van der Waals surface area contributed by atoms with Crippen molar-refractivity contribution >= 4 is 36.0 Å². The molecule has 0 aliphatic carbocycles. The molecule has 1 fully saturated rings. The number of fused-ring (bicyclic) bond motifs is 4. The molecule has 5 atom stereocenters. The van der Waals surface area contributed by atoms with Crippen LogP contribution in [0.4, 0.5) is 0 Å². The molecule has 0 saturated carbocycles. The first kappa shape index (κ1) is 39.8. The molecule has 2 aliphatic rings. The molecule has 2 heterocycles. The number of ether oxygens (including phenoxy) is 5. The van der Waals surface area contributed by atoms with Crippen molar-refractivity contribution in [1.29, 1.82) is 0 Å². The predicted octanol–water partition coefficient (Wildman–Crippen LogP) is 2.07. The summed E-state index contributed by atoms with van der Waals surface area (Å²) in [4.78, 5) is 53.6. The fourth-order valence-corrected chi connectivity index (χ4v) is 5.86. The highest BCUT2D eigenvalue weighted by atomic mass is 16.7. The molecular formula is C38H30O20. The van der Waals surface area contributed by atoms with Gasteiger partial charge in [-0.25, -0.2) is 19.2 Å². The van der Waals surface area contributed by atoms with E-state index in [1.54, 1.807) is 0 Å². The lowest BCUT2D eigenvalue weighted by atomic mass is 9.91. The summed E-state index contributed by atoms with van der Waals surface area (Å²) >= 11 is 0. The van der Waals surface area contributed by atoms with Crippen molar-refractivity contribution in [3.05, 3.63) is 82.9 Å². The predicted molar refractivity (Wildman–Crippen MR) is 190 cm³/mol. The topological polar surface area (TPSA) is 337 Å². The summed E-state index contributed by atoms with van der Waals surface area (Å²) in [5.74, 6) is -14.8. The molecule has 58 heavy (non-hydrogen) atoms. The van der Waals surface area contributed by atoms with Gasteiger partial charge in [0, 0.05) is 23.3 Å². The first-order chi connectivity index (χ1) is 27.4. The van der Waals surface area contributed by atoms with Crippen LogP contribution in [-0.2, 0) is 33.3 Å². The minimum Gasteiger partial charge on any atom is -0.504 e. The Bertz CT molecular complexity index is 2400. The van der Waals surface area contributed by atoms with E-state index in [0.29, 0.717) is 12.1 Å². The number of aliphatic hydroxyl groups is 1. The third-order valence-electron chi connectivity index (χ3n) is 8.75. The number of hydrogen-bond donors (Lipinski definition) is 11. The van der Waals surface area contributed by atoms with E-state index < -0.39 is 141 Å². The number of phenols is 10. The van der Waals surface area contributed by atoms with Crippen molar-refractivity contribution < 1.29 is 99.0 Å². The Hall–Kier alpha value is -7.84. The van der Waals surface area contributed by atoms with E-state index in [1.165, 1.54) is 18.2 Å². The molecule has 6 rings (SSSR count). The number of phenolic OH excluding ortho intramolecular Hbond substituents is 10. The summed E-state index contributed by atoms with van der Waals surface area (Å²) in [6.07, 6.45) is -6.32. The Morgan fingerprint density at radius 3 is 1.53 bits per heavy atom. The number of rotatable bonds is 7. The molecule has 2 aliphatic heterocycles. The second kappa shape index (κ2) is 15.7. The largest absolute Gasteiger partial charge is 0.504 e. The van der Waals surface area contributed by atoms with Gasteiger partial charge in [-0.15, -0.1) is 0 Å². The van der Waals surface area contributed by atoms with Gasteiger partial charge in [-0.2, -0.15) is 0 Å². The molecule has 11 N–H and O–H groups in total. The number of hydrogen-bond acceptors (Lipinski definition) is 20. The van der Waals surface area contributed by atoms with Gasteiger partial charge in [-0.3, -0.25) is 0 Å². The molecule has 4 aromatic carbocycles. The Morgan fingerprint density at radius 2 is 1.05 bits per heavy atom. The van der Waals surface area contributed by atoms with Gasteiger partial charge in [-0.1, -0.05) is 12.1 Å². The fourth-order valence-electron chi connectivity index (χ4n) is 5.86. The van der Waals surface area contributed by atoms with Crippen LogP contribution in [0.5, 0.6) is 57.5 Å². The van der Waals surface area contributed by atoms with Crippen LogP contribution in [0.1, 0.15) is 31.8 Å². The first-order valence-corrected chi connectivity index (χ1v) is 16.5. The quantitative estimate of drug-likeness (QED) is 0.0551. The lowest BCUT2D eigenvalue weighted by Crippen LogP contribution is -2.62. The van der Waals surface area contributed by atoms with E-state index in [9.17, 15) is 75.3 Å². The van der Waals surface area contributed by atoms with E-state index >= 15 is 0 Å². The van der Waals surface area contributed by atoms with Crippen LogP contribution in [0.15, 0.2) is 60.7 Å². The number of aromatic hydroxyl groups is 10. The summed E-state index contributed by atoms with van der Waals surface area (Å²) in [6.45, 7) is -0.869. The van der Waals surface area contributed by atoms with E-state index in [2.05, 4.69) is 0 Å². The average molecular weight is 807 g/mol. The molecule has 20 heteroatoms. The number of carbonyl (C=O) groups excluding carboxylic acids is 4. The highest BCUT2D eigenvalue weighted by molar-refractivity contribution is 6.08. The highest BCUT2D eigenvalue weighted by Crippen LogP contribution is 2.53. The lowest BCUT2D eigenvalue weighted by molar-refractivity contribution is -0.290. The summed E-state index contributed by atoms with van der Waals surface area (Å²) in [7, 11) is 0. The number of aliphatic hydroxyl groups excluding tert-OH is 1. The minimum absolute atomic E-state index is 0.181. The van der Waals surface area contributed by atoms with E-state index in [-0.39, 0.29) is 11.1 Å². The van der Waals surface area contributed by atoms with E-state index in [1.807, 2.05) is 0 Å². The summed E-state index contributed by atoms with van der Waals surface area (Å²) in [6, 6.07) is 8.21. The molecule has 0 aromatic heterocycles. The average Bonchev–Trinajstić information content (AvgIpc) is 3.18. The van der Waals surface area contributed by atoms with Gasteiger partial charge < -0.3 is 79.9 Å². The van der Waals surface area contributed by atoms with Crippen molar-refractivity contribution in [2.24, 2.45) is 0 Å². The molecule has 0 bridgehead atoms. The molecule has 0 spiro atoms. The van der Waals surface area contributed by atoms with E-state index in [4.69, 9.17) is 23.7 Å². The zero-order valence-electron chi connectivity index (χ0n) is 29.1. The standard InChI is InChI=1S/C38H30O20/c39-18-5-1-14(9-20(18)41)3-7-25(45)54-13-24-31(49)34-35(38(55-24)56-26(46)8-4-15-2-6-19(40)21(42)10-15)58-37(53)17-12-23(44)30(48)33(51)28(17)27-16(36(52)57-34)11-22(43)29(47)32(27)50/h1-12,24,31,34-35,38-44,47-51H,13H2/b7-3+,8-4+/t24-,31-,34+,35-,38-/m1/s1. The van der Waals surface area contributed by atoms with Gasteiger partial charge in [0.25, 0.3) is 0 Å². The van der Waals surface area contributed by atoms with Crippen molar-refractivity contribution in [2.75, 3.05) is 6.61 Å².